The maximum atomic E-state index is 9.26. The van der Waals surface area contributed by atoms with Crippen molar-refractivity contribution in [3.63, 3.8) is 0 Å². The summed E-state index contributed by atoms with van der Waals surface area (Å²) in [6.07, 6.45) is 1.79. The third-order valence-corrected chi connectivity index (χ3v) is 6.64. The Balaban J connectivity index is 0.00000167. The van der Waals surface area contributed by atoms with Crippen LogP contribution in [-0.4, -0.2) is 31.1 Å². The smallest absolute Gasteiger partial charge is 0.125 e. The molecule has 4 nitrogen and oxygen atoms in total. The van der Waals surface area contributed by atoms with Gasteiger partial charge in [0.05, 0.1) is 28.9 Å². The van der Waals surface area contributed by atoms with Crippen LogP contribution in [0.1, 0.15) is 43.0 Å². The van der Waals surface area contributed by atoms with E-state index >= 15 is 0 Å². The van der Waals surface area contributed by atoms with E-state index in [1.807, 2.05) is 56.3 Å². The zero-order valence-electron chi connectivity index (χ0n) is 20.0. The van der Waals surface area contributed by atoms with E-state index in [1.54, 1.807) is 6.07 Å². The van der Waals surface area contributed by atoms with Crippen LogP contribution >= 0.6 is 34.8 Å². The van der Waals surface area contributed by atoms with E-state index in [0.717, 1.165) is 54.5 Å². The van der Waals surface area contributed by atoms with Gasteiger partial charge in [0.2, 0.25) is 0 Å². The number of nitrogens with one attached hydrogen (secondary N) is 1. The molecule has 35 heavy (non-hydrogen) atoms. The number of rotatable bonds is 8. The molecular weight excluding hydrogens is 501 g/mol. The number of halogens is 3. The molecule has 0 aliphatic carbocycles. The van der Waals surface area contributed by atoms with Gasteiger partial charge >= 0.3 is 0 Å². The zero-order valence-corrected chi connectivity index (χ0v) is 22.3. The second-order valence-electron chi connectivity index (χ2n) is 7.98. The fraction of sp³-hybridized carbons (Fsp3) is 0.321. The topological polar surface area (TPSA) is 48.3 Å². The molecule has 0 amide bonds. The highest BCUT2D eigenvalue weighted by Gasteiger charge is 2.27. The number of nitrogens with zero attached hydrogens (tertiary/aromatic N) is 2. The van der Waals surface area contributed by atoms with Gasteiger partial charge in [0.1, 0.15) is 5.75 Å². The molecule has 3 aromatic rings. The van der Waals surface area contributed by atoms with Crippen LogP contribution < -0.4 is 10.1 Å². The molecule has 1 unspecified atom stereocenters. The lowest BCUT2D eigenvalue weighted by Gasteiger charge is -2.36. The highest BCUT2D eigenvalue weighted by Crippen LogP contribution is 2.36. The lowest BCUT2D eigenvalue weighted by Crippen LogP contribution is -2.37. The molecule has 0 aromatic heterocycles. The van der Waals surface area contributed by atoms with E-state index < -0.39 is 0 Å². The van der Waals surface area contributed by atoms with Crippen LogP contribution in [0.3, 0.4) is 0 Å². The quantitative estimate of drug-likeness (QED) is 0.320. The van der Waals surface area contributed by atoms with Crippen molar-refractivity contribution < 1.29 is 4.74 Å². The molecule has 0 bridgehead atoms. The molecule has 1 heterocycles. The first-order valence-corrected chi connectivity index (χ1v) is 13.0. The molecule has 4 rings (SSSR count). The number of anilines is 1. The Morgan fingerprint density at radius 1 is 0.971 bits per heavy atom. The largest absolute Gasteiger partial charge is 0.493 e. The van der Waals surface area contributed by atoms with Crippen molar-refractivity contribution in [3.8, 4) is 11.8 Å². The van der Waals surface area contributed by atoms with Gasteiger partial charge in [-0.25, -0.2) is 0 Å². The molecular formula is C28H30Cl3N3O. The van der Waals surface area contributed by atoms with E-state index in [2.05, 4.69) is 28.4 Å². The van der Waals surface area contributed by atoms with Gasteiger partial charge in [-0.1, -0.05) is 66.8 Å². The minimum absolute atomic E-state index is 0.205. The molecule has 1 aliphatic heterocycles. The van der Waals surface area contributed by atoms with Gasteiger partial charge < -0.3 is 10.1 Å². The third kappa shape index (κ3) is 7.53. The van der Waals surface area contributed by atoms with E-state index in [0.29, 0.717) is 22.2 Å². The maximum absolute atomic E-state index is 9.26. The lowest BCUT2D eigenvalue weighted by molar-refractivity contribution is 0.145. The normalized spacial score (nSPS) is 14.3. The van der Waals surface area contributed by atoms with Gasteiger partial charge in [0, 0.05) is 47.7 Å². The standard InChI is InChI=1S/C26H24Cl3N3O.C2H6/c27-20-4-1-18(2-5-20)9-12-32(13-11-31-24-8-6-21(28)16-23(24)29)25-10-14-33-26-15-19(17-30)3-7-22(25)26;1-2/h1-8,15-16,25,31H,9-14H2;1-2H3. The van der Waals surface area contributed by atoms with Crippen LogP contribution in [-0.2, 0) is 6.42 Å². The summed E-state index contributed by atoms with van der Waals surface area (Å²) in [5, 5.41) is 14.7. The van der Waals surface area contributed by atoms with Gasteiger partial charge in [0.15, 0.2) is 0 Å². The summed E-state index contributed by atoms with van der Waals surface area (Å²) in [7, 11) is 0. The van der Waals surface area contributed by atoms with Crippen molar-refractivity contribution in [2.24, 2.45) is 0 Å². The molecule has 184 valence electrons. The van der Waals surface area contributed by atoms with Crippen molar-refractivity contribution in [2.75, 3.05) is 31.6 Å². The molecule has 1 N–H and O–H groups in total. The van der Waals surface area contributed by atoms with Crippen LogP contribution in [0.5, 0.6) is 5.75 Å². The molecule has 3 aromatic carbocycles. The minimum atomic E-state index is 0.205. The predicted molar refractivity (Wildman–Crippen MR) is 147 cm³/mol. The average Bonchev–Trinajstić information content (AvgIpc) is 2.88. The molecule has 0 saturated carbocycles. The number of benzene rings is 3. The van der Waals surface area contributed by atoms with Crippen LogP contribution in [0.15, 0.2) is 60.7 Å². The number of ether oxygens (including phenoxy) is 1. The molecule has 1 aliphatic rings. The predicted octanol–water partition coefficient (Wildman–Crippen LogP) is 8.03. The van der Waals surface area contributed by atoms with Gasteiger partial charge in [-0.2, -0.15) is 5.26 Å². The second kappa shape index (κ2) is 13.6. The van der Waals surface area contributed by atoms with E-state index in [4.69, 9.17) is 39.5 Å². The van der Waals surface area contributed by atoms with Gasteiger partial charge in [-0.3, -0.25) is 4.90 Å². The number of hydrogen-bond acceptors (Lipinski definition) is 4. The SMILES string of the molecule is CC.N#Cc1ccc2c(c1)OCCC2N(CCNc1ccc(Cl)cc1Cl)CCc1ccc(Cl)cc1. The highest BCUT2D eigenvalue weighted by atomic mass is 35.5. The molecule has 7 heteroatoms. The number of nitriles is 1. The zero-order chi connectivity index (χ0) is 25.2. The Labute approximate surface area is 223 Å². The summed E-state index contributed by atoms with van der Waals surface area (Å²) in [6, 6.07) is 21.6. The lowest BCUT2D eigenvalue weighted by atomic mass is 9.97. The third-order valence-electron chi connectivity index (χ3n) is 5.84. The molecule has 0 spiro atoms. The molecule has 0 radical (unpaired) electrons. The monoisotopic (exact) mass is 529 g/mol. The summed E-state index contributed by atoms with van der Waals surface area (Å²) in [6.45, 7) is 7.05. The maximum Gasteiger partial charge on any atom is 0.125 e. The molecule has 1 atom stereocenters. The summed E-state index contributed by atoms with van der Waals surface area (Å²) in [4.78, 5) is 2.47. The minimum Gasteiger partial charge on any atom is -0.493 e. The summed E-state index contributed by atoms with van der Waals surface area (Å²) < 4.78 is 5.89. The average molecular weight is 531 g/mol. The van der Waals surface area contributed by atoms with Crippen LogP contribution in [0.2, 0.25) is 15.1 Å². The van der Waals surface area contributed by atoms with Gasteiger partial charge in [-0.05, 0) is 54.4 Å². The van der Waals surface area contributed by atoms with E-state index in [1.165, 1.54) is 5.56 Å². The fourth-order valence-corrected chi connectivity index (χ4v) is 4.74. The van der Waals surface area contributed by atoms with E-state index in [-0.39, 0.29) is 6.04 Å². The van der Waals surface area contributed by atoms with E-state index in [9.17, 15) is 5.26 Å². The van der Waals surface area contributed by atoms with Gasteiger partial charge in [0.25, 0.3) is 0 Å². The van der Waals surface area contributed by atoms with Crippen molar-refractivity contribution in [3.05, 3.63) is 92.4 Å². The summed E-state index contributed by atoms with van der Waals surface area (Å²) in [5.41, 5.74) is 3.84. The van der Waals surface area contributed by atoms with Crippen LogP contribution in [0.4, 0.5) is 5.69 Å². The Hall–Kier alpha value is -2.42. The molecule has 0 fully saturated rings. The van der Waals surface area contributed by atoms with Crippen molar-refractivity contribution >= 4 is 40.5 Å². The first kappa shape index (κ1) is 27.2. The van der Waals surface area contributed by atoms with Crippen LogP contribution in [0, 0.1) is 11.3 Å². The van der Waals surface area contributed by atoms with Crippen molar-refractivity contribution in [1.29, 1.82) is 5.26 Å². The Morgan fingerprint density at radius 3 is 2.43 bits per heavy atom. The Kier molecular flexibility index (Phi) is 10.6. The first-order valence-electron chi connectivity index (χ1n) is 11.9. The second-order valence-corrected chi connectivity index (χ2v) is 9.26. The van der Waals surface area contributed by atoms with Crippen molar-refractivity contribution in [2.45, 2.75) is 32.7 Å². The summed E-state index contributed by atoms with van der Waals surface area (Å²) in [5.74, 6) is 0.801. The van der Waals surface area contributed by atoms with Crippen molar-refractivity contribution in [1.82, 2.24) is 4.90 Å². The Bertz CT molecular complexity index is 1150. The number of fused-ring (bicyclic) bond motifs is 1. The van der Waals surface area contributed by atoms with Crippen LogP contribution in [0.25, 0.3) is 0 Å². The Morgan fingerprint density at radius 2 is 1.71 bits per heavy atom. The fourth-order valence-electron chi connectivity index (χ4n) is 4.13. The molecule has 0 saturated heterocycles. The number of hydrogen-bond donors (Lipinski definition) is 1. The highest BCUT2D eigenvalue weighted by molar-refractivity contribution is 6.36. The van der Waals surface area contributed by atoms with Gasteiger partial charge in [-0.15, -0.1) is 0 Å². The summed E-state index contributed by atoms with van der Waals surface area (Å²) >= 11 is 18.4. The first-order chi connectivity index (χ1) is 17.0.